The van der Waals surface area contributed by atoms with Gasteiger partial charge < -0.3 is 5.73 Å². The number of halogens is 1. The molecule has 0 aliphatic rings. The number of nitrogens with two attached hydrogens (primary N) is 1. The molecule has 108 valence electrons. The molecule has 0 spiro atoms. The summed E-state index contributed by atoms with van der Waals surface area (Å²) in [6.07, 6.45) is 0.691. The molecular formula is C13H15BrN2O2S2. The van der Waals surface area contributed by atoms with Crippen LogP contribution in [0.4, 0.5) is 5.69 Å². The minimum atomic E-state index is -3.54. The Hall–Kier alpha value is -0.890. The summed E-state index contributed by atoms with van der Waals surface area (Å²) in [5, 5.41) is 0. The third kappa shape index (κ3) is 3.82. The molecule has 2 rings (SSSR count). The van der Waals surface area contributed by atoms with Crippen LogP contribution in [0.15, 0.2) is 39.0 Å². The minimum absolute atomic E-state index is 0.304. The summed E-state index contributed by atoms with van der Waals surface area (Å²) < 4.78 is 28.3. The highest BCUT2D eigenvalue weighted by molar-refractivity contribution is 9.10. The van der Waals surface area contributed by atoms with E-state index in [9.17, 15) is 8.42 Å². The minimum Gasteiger partial charge on any atom is -0.330 e. The lowest BCUT2D eigenvalue weighted by Gasteiger charge is -2.07. The van der Waals surface area contributed by atoms with E-state index < -0.39 is 10.0 Å². The average Bonchev–Trinajstić information content (AvgIpc) is 2.76. The maximum absolute atomic E-state index is 12.3. The molecule has 7 heteroatoms. The topological polar surface area (TPSA) is 72.2 Å². The second-order valence-corrected chi connectivity index (χ2v) is 8.38. The molecule has 0 amide bonds. The molecule has 20 heavy (non-hydrogen) atoms. The molecule has 0 bridgehead atoms. The zero-order valence-corrected chi connectivity index (χ0v) is 14.1. The number of hydrogen-bond acceptors (Lipinski definition) is 4. The zero-order valence-electron chi connectivity index (χ0n) is 10.9. The largest absolute Gasteiger partial charge is 0.330 e. The third-order valence-corrected chi connectivity index (χ3v) is 6.06. The summed E-state index contributed by atoms with van der Waals surface area (Å²) in [5.74, 6) is 0. The Morgan fingerprint density at radius 3 is 2.70 bits per heavy atom. The molecule has 0 fully saturated rings. The van der Waals surface area contributed by atoms with Gasteiger partial charge in [0, 0.05) is 9.35 Å². The summed E-state index contributed by atoms with van der Waals surface area (Å²) >= 11 is 4.61. The van der Waals surface area contributed by atoms with Gasteiger partial charge in [0.15, 0.2) is 0 Å². The molecule has 0 atom stereocenters. The van der Waals surface area contributed by atoms with E-state index in [0.717, 1.165) is 14.9 Å². The molecule has 0 saturated carbocycles. The molecule has 1 heterocycles. The molecule has 0 aliphatic heterocycles. The van der Waals surface area contributed by atoms with Crippen molar-refractivity contribution in [3.63, 3.8) is 0 Å². The summed E-state index contributed by atoms with van der Waals surface area (Å²) in [6, 6.07) is 8.86. The van der Waals surface area contributed by atoms with Crippen LogP contribution in [0.3, 0.4) is 0 Å². The van der Waals surface area contributed by atoms with Crippen LogP contribution in [0.25, 0.3) is 0 Å². The summed E-state index contributed by atoms with van der Waals surface area (Å²) in [4.78, 5) is 0.971. The fourth-order valence-corrected chi connectivity index (χ4v) is 4.80. The van der Waals surface area contributed by atoms with Crippen LogP contribution in [-0.4, -0.2) is 15.0 Å². The Balaban J connectivity index is 2.25. The first kappa shape index (κ1) is 15.5. The van der Waals surface area contributed by atoms with Gasteiger partial charge in [0.2, 0.25) is 0 Å². The van der Waals surface area contributed by atoms with E-state index in [-0.39, 0.29) is 0 Å². The molecule has 0 radical (unpaired) electrons. The summed E-state index contributed by atoms with van der Waals surface area (Å²) in [5.41, 5.74) is 7.00. The molecule has 0 aliphatic carbocycles. The van der Waals surface area contributed by atoms with Gasteiger partial charge in [-0.3, -0.25) is 4.72 Å². The van der Waals surface area contributed by atoms with Crippen LogP contribution in [0.2, 0.25) is 0 Å². The molecule has 0 unspecified atom stereocenters. The Morgan fingerprint density at radius 2 is 2.05 bits per heavy atom. The second kappa shape index (κ2) is 6.26. The molecule has 2 aromatic rings. The molecule has 4 nitrogen and oxygen atoms in total. The Labute approximate surface area is 131 Å². The fourth-order valence-electron chi connectivity index (χ4n) is 1.78. The smallest absolute Gasteiger partial charge is 0.271 e. The SMILES string of the molecule is Cc1cc(Br)cc(NS(=O)(=O)c2ccc(CCN)s2)c1. The molecule has 3 N–H and O–H groups in total. The fraction of sp³-hybridized carbons (Fsp3) is 0.231. The number of hydrogen-bond donors (Lipinski definition) is 2. The number of anilines is 1. The van der Waals surface area contributed by atoms with Crippen LogP contribution >= 0.6 is 27.3 Å². The molecule has 1 aromatic heterocycles. The van der Waals surface area contributed by atoms with Crippen molar-refractivity contribution >= 4 is 43.0 Å². The highest BCUT2D eigenvalue weighted by atomic mass is 79.9. The van der Waals surface area contributed by atoms with Gasteiger partial charge in [-0.2, -0.15) is 0 Å². The van der Waals surface area contributed by atoms with E-state index in [1.807, 2.05) is 13.0 Å². The van der Waals surface area contributed by atoms with Crippen molar-refractivity contribution < 1.29 is 8.42 Å². The normalized spacial score (nSPS) is 11.6. The van der Waals surface area contributed by atoms with Gasteiger partial charge >= 0.3 is 0 Å². The van der Waals surface area contributed by atoms with Crippen molar-refractivity contribution in [2.45, 2.75) is 17.6 Å². The predicted octanol–water partition coefficient (Wildman–Crippen LogP) is 3.12. The third-order valence-electron chi connectivity index (χ3n) is 2.59. The lowest BCUT2D eigenvalue weighted by Crippen LogP contribution is -2.11. The van der Waals surface area contributed by atoms with Gasteiger partial charge in [0.1, 0.15) is 4.21 Å². The quantitative estimate of drug-likeness (QED) is 0.844. The van der Waals surface area contributed by atoms with Crippen molar-refractivity contribution in [2.24, 2.45) is 5.73 Å². The van der Waals surface area contributed by atoms with Crippen molar-refractivity contribution in [3.8, 4) is 0 Å². The van der Waals surface area contributed by atoms with Crippen LogP contribution in [0.5, 0.6) is 0 Å². The van der Waals surface area contributed by atoms with Crippen molar-refractivity contribution in [1.82, 2.24) is 0 Å². The Kier molecular flexibility index (Phi) is 4.85. The van der Waals surface area contributed by atoms with Gasteiger partial charge in [0.05, 0.1) is 5.69 Å². The van der Waals surface area contributed by atoms with Gasteiger partial charge in [-0.05, 0) is 55.8 Å². The van der Waals surface area contributed by atoms with Gasteiger partial charge in [-0.25, -0.2) is 8.42 Å². The van der Waals surface area contributed by atoms with Gasteiger partial charge in [-0.15, -0.1) is 11.3 Å². The predicted molar refractivity (Wildman–Crippen MR) is 86.8 cm³/mol. The maximum Gasteiger partial charge on any atom is 0.271 e. The standard InChI is InChI=1S/C13H15BrN2O2S2/c1-9-6-10(14)8-11(7-9)16-20(17,18)13-3-2-12(19-13)4-5-15/h2-3,6-8,16H,4-5,15H2,1H3. The average molecular weight is 375 g/mol. The van der Waals surface area contributed by atoms with Crippen LogP contribution in [0, 0.1) is 6.92 Å². The summed E-state index contributed by atoms with van der Waals surface area (Å²) in [7, 11) is -3.54. The molecule has 0 saturated heterocycles. The second-order valence-electron chi connectivity index (χ2n) is 4.38. The van der Waals surface area contributed by atoms with E-state index in [1.54, 1.807) is 24.3 Å². The van der Waals surface area contributed by atoms with Crippen LogP contribution < -0.4 is 10.5 Å². The first-order valence-corrected chi connectivity index (χ1v) is 9.09. The molecule has 1 aromatic carbocycles. The maximum atomic E-state index is 12.3. The van der Waals surface area contributed by atoms with E-state index in [1.165, 1.54) is 11.3 Å². The van der Waals surface area contributed by atoms with Crippen molar-refractivity contribution in [1.29, 1.82) is 0 Å². The lowest BCUT2D eigenvalue weighted by atomic mass is 10.2. The zero-order chi connectivity index (χ0) is 14.8. The summed E-state index contributed by atoms with van der Waals surface area (Å²) in [6.45, 7) is 2.42. The highest BCUT2D eigenvalue weighted by Gasteiger charge is 2.17. The van der Waals surface area contributed by atoms with E-state index in [2.05, 4.69) is 20.7 Å². The number of rotatable bonds is 5. The van der Waals surface area contributed by atoms with E-state index in [0.29, 0.717) is 22.9 Å². The lowest BCUT2D eigenvalue weighted by molar-refractivity contribution is 0.603. The monoisotopic (exact) mass is 374 g/mol. The molecular weight excluding hydrogens is 360 g/mol. The highest BCUT2D eigenvalue weighted by Crippen LogP contribution is 2.26. The van der Waals surface area contributed by atoms with Crippen LogP contribution in [0.1, 0.15) is 10.4 Å². The number of nitrogens with one attached hydrogen (secondary N) is 1. The van der Waals surface area contributed by atoms with Gasteiger partial charge in [-0.1, -0.05) is 15.9 Å². The number of aryl methyl sites for hydroxylation is 1. The Bertz CT molecular complexity index is 691. The first-order chi connectivity index (χ1) is 9.40. The van der Waals surface area contributed by atoms with E-state index in [4.69, 9.17) is 5.73 Å². The van der Waals surface area contributed by atoms with Crippen LogP contribution in [-0.2, 0) is 16.4 Å². The number of sulfonamides is 1. The first-order valence-electron chi connectivity index (χ1n) is 5.99. The van der Waals surface area contributed by atoms with Gasteiger partial charge in [0.25, 0.3) is 10.0 Å². The van der Waals surface area contributed by atoms with Crippen molar-refractivity contribution in [3.05, 3.63) is 45.2 Å². The van der Waals surface area contributed by atoms with Crippen molar-refractivity contribution in [2.75, 3.05) is 11.3 Å². The van der Waals surface area contributed by atoms with E-state index >= 15 is 0 Å². The number of thiophene rings is 1. The number of benzene rings is 1. The Morgan fingerprint density at radius 1 is 1.30 bits per heavy atom.